The van der Waals surface area contributed by atoms with E-state index in [9.17, 15) is 19.0 Å². The van der Waals surface area contributed by atoms with Gasteiger partial charge in [0.2, 0.25) is 0 Å². The minimum Gasteiger partial charge on any atom is -0.462 e. The normalized spacial score (nSPS) is 14.0. The number of hydrogen-bond acceptors (Lipinski definition) is 7. The maximum atomic E-state index is 12.8. The van der Waals surface area contributed by atoms with Crippen molar-refractivity contribution in [1.82, 2.24) is 0 Å². The summed E-state index contributed by atoms with van der Waals surface area (Å²) in [4.78, 5) is 35.7. The van der Waals surface area contributed by atoms with Gasteiger partial charge in [-0.15, -0.1) is 0 Å². The molecule has 0 radical (unpaired) electrons. The average molecular weight is 1080 g/mol. The first-order chi connectivity index (χ1) is 37.0. The summed E-state index contributed by atoms with van der Waals surface area (Å²) in [7, 11) is 1.46. The second-order valence-corrected chi connectivity index (χ2v) is 22.8. The fourth-order valence-corrected chi connectivity index (χ4v) is 8.83. The average Bonchev–Trinajstić information content (AvgIpc) is 3.38. The van der Waals surface area contributed by atoms with Crippen molar-refractivity contribution in [2.75, 3.05) is 47.5 Å². The molecular weight excluding hydrogens is 966 g/mol. The number of likely N-dealkylation sites (N-methyl/N-ethyl adjacent to an activating group) is 1. The number of carbonyl (C=O) groups is 2. The van der Waals surface area contributed by atoms with Gasteiger partial charge in [-0.05, 0) is 103 Å². The van der Waals surface area contributed by atoms with Crippen molar-refractivity contribution in [3.05, 3.63) is 109 Å². The molecule has 0 aromatic rings. The number of phosphoric acid groups is 1. The van der Waals surface area contributed by atoms with Crippen LogP contribution >= 0.6 is 7.82 Å². The van der Waals surface area contributed by atoms with E-state index in [4.69, 9.17) is 18.5 Å². The summed E-state index contributed by atoms with van der Waals surface area (Å²) in [6, 6.07) is 0. The van der Waals surface area contributed by atoms with Gasteiger partial charge in [0.05, 0.1) is 27.7 Å². The van der Waals surface area contributed by atoms with Crippen molar-refractivity contribution in [2.24, 2.45) is 0 Å². The number of allylic oxidation sites excluding steroid dienone is 18. The molecule has 0 aliphatic carbocycles. The molecule has 0 fully saturated rings. The highest BCUT2D eigenvalue weighted by Crippen LogP contribution is 2.43. The lowest BCUT2D eigenvalue weighted by molar-refractivity contribution is -0.870. The number of rotatable bonds is 55. The van der Waals surface area contributed by atoms with Crippen LogP contribution in [0.2, 0.25) is 0 Å². The second kappa shape index (κ2) is 56.4. The lowest BCUT2D eigenvalue weighted by atomic mass is 10.0. The van der Waals surface area contributed by atoms with Crippen LogP contribution in [0.5, 0.6) is 0 Å². The van der Waals surface area contributed by atoms with Crippen molar-refractivity contribution in [1.29, 1.82) is 0 Å². The molecule has 0 heterocycles. The quantitative estimate of drug-likeness (QED) is 0.0211. The summed E-state index contributed by atoms with van der Waals surface area (Å²) in [5.41, 5.74) is 0. The van der Waals surface area contributed by atoms with Gasteiger partial charge in [-0.25, -0.2) is 4.57 Å². The molecule has 0 aromatic heterocycles. The van der Waals surface area contributed by atoms with E-state index in [0.717, 1.165) is 109 Å². The van der Waals surface area contributed by atoms with E-state index in [1.54, 1.807) is 0 Å². The Hall–Kier alpha value is -3.33. The molecule has 2 atom stereocenters. The first kappa shape index (κ1) is 72.7. The van der Waals surface area contributed by atoms with Crippen molar-refractivity contribution >= 4 is 19.8 Å². The van der Waals surface area contributed by atoms with Crippen LogP contribution in [0.1, 0.15) is 245 Å². The zero-order chi connectivity index (χ0) is 55.6. The van der Waals surface area contributed by atoms with Crippen LogP contribution < -0.4 is 0 Å². The van der Waals surface area contributed by atoms with Gasteiger partial charge in [-0.1, -0.05) is 239 Å². The Morgan fingerprint density at radius 3 is 1.12 bits per heavy atom. The molecule has 0 bridgehead atoms. The number of esters is 2. The van der Waals surface area contributed by atoms with E-state index in [-0.39, 0.29) is 32.0 Å². The van der Waals surface area contributed by atoms with Gasteiger partial charge in [-0.2, -0.15) is 0 Å². The van der Waals surface area contributed by atoms with Crippen LogP contribution in [0.15, 0.2) is 109 Å². The van der Waals surface area contributed by atoms with Gasteiger partial charge in [0.15, 0.2) is 6.10 Å². The van der Waals surface area contributed by atoms with Gasteiger partial charge in [-0.3, -0.25) is 18.6 Å². The molecule has 0 amide bonds. The van der Waals surface area contributed by atoms with Gasteiger partial charge < -0.3 is 18.9 Å². The third-order valence-electron chi connectivity index (χ3n) is 12.8. The summed E-state index contributed by atoms with van der Waals surface area (Å²) in [6.45, 7) is 4.27. The molecule has 0 aliphatic heterocycles. The number of quaternary nitrogens is 1. The van der Waals surface area contributed by atoms with Crippen molar-refractivity contribution in [3.63, 3.8) is 0 Å². The highest BCUT2D eigenvalue weighted by atomic mass is 31.2. The molecule has 10 heteroatoms. The third kappa shape index (κ3) is 59.9. The minimum absolute atomic E-state index is 0.0257. The third-order valence-corrected chi connectivity index (χ3v) is 13.8. The molecule has 0 aromatic carbocycles. The van der Waals surface area contributed by atoms with Gasteiger partial charge >= 0.3 is 19.8 Å². The Kier molecular flexibility index (Phi) is 53.9. The molecule has 9 nitrogen and oxygen atoms in total. The molecule has 0 spiro atoms. The predicted molar refractivity (Wildman–Crippen MR) is 325 cm³/mol. The fourth-order valence-electron chi connectivity index (χ4n) is 8.08. The van der Waals surface area contributed by atoms with E-state index >= 15 is 0 Å². The van der Waals surface area contributed by atoms with E-state index in [1.807, 2.05) is 21.1 Å². The number of unbranched alkanes of at least 4 members (excludes halogenated alkanes) is 23. The number of phosphoric ester groups is 1. The van der Waals surface area contributed by atoms with E-state index in [1.165, 1.54) is 103 Å². The van der Waals surface area contributed by atoms with Crippen LogP contribution in [0, 0.1) is 0 Å². The molecule has 0 aliphatic rings. The standard InChI is InChI=1S/C66H114NO8P/c1-6-8-10-12-14-16-18-20-22-23-24-25-26-27-28-29-30-31-32-33-34-35-36-37-38-39-40-41-42-43-45-47-49-51-53-55-57-59-66(69)75-64(63-74-76(70,71)73-61-60-67(3,4)5)62-72-65(68)58-56-54-52-50-48-46-44-21-19-17-15-13-11-9-7-2/h8,10,14-17,20-22,24-25,27-28,30-31,33-34,44,64H,6-7,9,11-13,18-19,23,26,29,32,35-43,45-63H2,1-5H3/p+1/b10-8-,16-14-,17-15-,22-20-,25-24-,28-27-,31-30-,34-33-,44-21-. The number of nitrogens with zero attached hydrogens (tertiary/aromatic N) is 1. The van der Waals surface area contributed by atoms with E-state index in [2.05, 4.69) is 123 Å². The number of hydrogen-bond donors (Lipinski definition) is 1. The molecule has 0 saturated carbocycles. The van der Waals surface area contributed by atoms with Crippen LogP contribution in [-0.4, -0.2) is 74.9 Å². The smallest absolute Gasteiger partial charge is 0.462 e. The fraction of sp³-hybridized carbons (Fsp3) is 0.697. The van der Waals surface area contributed by atoms with Crippen molar-refractivity contribution in [3.8, 4) is 0 Å². The highest BCUT2D eigenvalue weighted by Gasteiger charge is 2.27. The monoisotopic (exact) mass is 1080 g/mol. The maximum Gasteiger partial charge on any atom is 0.472 e. The summed E-state index contributed by atoms with van der Waals surface area (Å²) < 4.78 is 34.5. The van der Waals surface area contributed by atoms with Gasteiger partial charge in [0.25, 0.3) is 0 Å². The van der Waals surface area contributed by atoms with Crippen molar-refractivity contribution in [2.45, 2.75) is 251 Å². The lowest BCUT2D eigenvalue weighted by Gasteiger charge is -2.24. The molecular formula is C66H115NO8P+. The zero-order valence-corrected chi connectivity index (χ0v) is 50.3. The summed E-state index contributed by atoms with van der Waals surface area (Å²) in [5.74, 6) is -0.815. The molecule has 2 unspecified atom stereocenters. The zero-order valence-electron chi connectivity index (χ0n) is 49.5. The molecule has 436 valence electrons. The summed E-state index contributed by atoms with van der Waals surface area (Å²) in [5, 5.41) is 0. The number of carbonyl (C=O) groups excluding carboxylic acids is 2. The van der Waals surface area contributed by atoms with Crippen molar-refractivity contribution < 1.29 is 42.1 Å². The molecule has 0 rings (SSSR count). The topological polar surface area (TPSA) is 108 Å². The van der Waals surface area contributed by atoms with Gasteiger partial charge in [0.1, 0.15) is 19.8 Å². The Bertz CT molecular complexity index is 1650. The largest absolute Gasteiger partial charge is 0.472 e. The van der Waals surface area contributed by atoms with E-state index in [0.29, 0.717) is 17.4 Å². The lowest BCUT2D eigenvalue weighted by Crippen LogP contribution is -2.37. The van der Waals surface area contributed by atoms with E-state index < -0.39 is 26.5 Å². The minimum atomic E-state index is -4.39. The van der Waals surface area contributed by atoms with Gasteiger partial charge in [0, 0.05) is 12.8 Å². The second-order valence-electron chi connectivity index (χ2n) is 21.4. The molecule has 0 saturated heterocycles. The van der Waals surface area contributed by atoms with Crippen LogP contribution in [0.25, 0.3) is 0 Å². The molecule has 1 N–H and O–H groups in total. The Balaban J connectivity index is 4.05. The van der Waals surface area contributed by atoms with Crippen LogP contribution in [-0.2, 0) is 32.7 Å². The Morgan fingerprint density at radius 1 is 0.421 bits per heavy atom. The summed E-state index contributed by atoms with van der Waals surface area (Å²) in [6.07, 6.45) is 78.9. The SMILES string of the molecule is CC/C=C\C/C=C\C/C=C\C/C=C\C/C=C\C/C=C\C/C=C\CCCCCCCCCCCCCCCCCC(=O)OC(COC(=O)CCCCCCC/C=C\C/C=C\CCCCC)COP(=O)(O)OCC[N+](C)(C)C. The Labute approximate surface area is 467 Å². The summed E-state index contributed by atoms with van der Waals surface area (Å²) >= 11 is 0. The van der Waals surface area contributed by atoms with Crippen LogP contribution in [0.3, 0.4) is 0 Å². The first-order valence-corrected chi connectivity index (χ1v) is 32.1. The Morgan fingerprint density at radius 2 is 0.750 bits per heavy atom. The highest BCUT2D eigenvalue weighted by molar-refractivity contribution is 7.47. The predicted octanol–water partition coefficient (Wildman–Crippen LogP) is 19.4. The molecule has 76 heavy (non-hydrogen) atoms. The number of ether oxygens (including phenoxy) is 2. The van der Waals surface area contributed by atoms with Crippen LogP contribution in [0.4, 0.5) is 0 Å². The first-order valence-electron chi connectivity index (χ1n) is 30.6. The maximum absolute atomic E-state index is 12.8.